The summed E-state index contributed by atoms with van der Waals surface area (Å²) in [5.41, 5.74) is 3.61. The first-order chi connectivity index (χ1) is 15.1. The van der Waals surface area contributed by atoms with Crippen molar-refractivity contribution in [3.63, 3.8) is 0 Å². The number of carbonyl (C=O) groups excluding carboxylic acids is 1. The molecular weight excluding hydrogens is 426 g/mol. The van der Waals surface area contributed by atoms with Crippen molar-refractivity contribution in [3.05, 3.63) is 58.2 Å². The predicted molar refractivity (Wildman–Crippen MR) is 123 cm³/mol. The molecule has 3 atom stereocenters. The van der Waals surface area contributed by atoms with Gasteiger partial charge in [-0.25, -0.2) is 8.42 Å². The fraction of sp³-hybridized carbons (Fsp3) is 0.480. The second-order valence-corrected chi connectivity index (χ2v) is 11.8. The second-order valence-electron chi connectivity index (χ2n) is 9.55. The smallest absolute Gasteiger partial charge is 0.290 e. The van der Waals surface area contributed by atoms with E-state index in [0.717, 1.165) is 34.3 Å². The molecule has 2 fully saturated rings. The number of nitrogens with zero attached hydrogens (tertiary/aromatic N) is 1. The summed E-state index contributed by atoms with van der Waals surface area (Å²) in [6.45, 7) is 8.31. The number of sulfone groups is 1. The van der Waals surface area contributed by atoms with Gasteiger partial charge in [-0.15, -0.1) is 0 Å². The zero-order valence-corrected chi connectivity index (χ0v) is 19.8. The summed E-state index contributed by atoms with van der Waals surface area (Å²) in [6.07, 6.45) is 1.55. The predicted octanol–water partition coefficient (Wildman–Crippen LogP) is 4.90. The topological polar surface area (TPSA) is 80.7 Å². The monoisotopic (exact) mass is 455 g/mol. The summed E-state index contributed by atoms with van der Waals surface area (Å²) in [5.74, 6) is 2.77. The minimum atomic E-state index is -3.16. The molecule has 7 heteroatoms. The van der Waals surface area contributed by atoms with E-state index in [-0.39, 0.29) is 29.7 Å². The number of rotatable bonds is 5. The van der Waals surface area contributed by atoms with Gasteiger partial charge in [-0.2, -0.15) is 0 Å². The normalized spacial score (nSPS) is 24.2. The Morgan fingerprint density at radius 2 is 1.84 bits per heavy atom. The molecule has 170 valence electrons. The number of furan rings is 2. The lowest BCUT2D eigenvalue weighted by Gasteiger charge is -2.26. The van der Waals surface area contributed by atoms with Gasteiger partial charge in [0.2, 0.25) is 0 Å². The molecule has 2 aromatic heterocycles. The van der Waals surface area contributed by atoms with Gasteiger partial charge in [0.05, 0.1) is 18.1 Å². The van der Waals surface area contributed by atoms with Crippen LogP contribution in [0.2, 0.25) is 0 Å². The number of hydrogen-bond donors (Lipinski definition) is 0. The lowest BCUT2D eigenvalue weighted by molar-refractivity contribution is 0.0633. The van der Waals surface area contributed by atoms with Crippen molar-refractivity contribution in [2.45, 2.75) is 59.0 Å². The maximum absolute atomic E-state index is 13.7. The van der Waals surface area contributed by atoms with Crippen molar-refractivity contribution in [2.75, 3.05) is 11.5 Å². The van der Waals surface area contributed by atoms with E-state index in [1.54, 1.807) is 4.90 Å². The average Bonchev–Trinajstić information content (AvgIpc) is 3.08. The summed E-state index contributed by atoms with van der Waals surface area (Å²) >= 11 is 0. The zero-order valence-electron chi connectivity index (χ0n) is 19.0. The second kappa shape index (κ2) is 7.51. The highest BCUT2D eigenvalue weighted by atomic mass is 32.2. The minimum absolute atomic E-state index is 0.0244. The molecule has 1 amide bonds. The van der Waals surface area contributed by atoms with Gasteiger partial charge in [-0.1, -0.05) is 19.1 Å². The molecule has 1 saturated heterocycles. The number of amides is 1. The van der Waals surface area contributed by atoms with Gasteiger partial charge in [0, 0.05) is 22.9 Å². The third kappa shape index (κ3) is 3.66. The quantitative estimate of drug-likeness (QED) is 0.546. The van der Waals surface area contributed by atoms with Crippen LogP contribution >= 0.6 is 0 Å². The molecule has 1 saturated carbocycles. The van der Waals surface area contributed by atoms with Crippen molar-refractivity contribution in [1.29, 1.82) is 0 Å². The van der Waals surface area contributed by atoms with Gasteiger partial charge >= 0.3 is 0 Å². The molecule has 1 aliphatic heterocycles. The Kier molecular flexibility index (Phi) is 5.00. The van der Waals surface area contributed by atoms with Crippen molar-refractivity contribution in [3.8, 4) is 0 Å². The van der Waals surface area contributed by atoms with E-state index in [0.29, 0.717) is 29.6 Å². The summed E-state index contributed by atoms with van der Waals surface area (Å²) in [6, 6.07) is 7.50. The van der Waals surface area contributed by atoms with Crippen molar-refractivity contribution >= 4 is 26.7 Å². The Hall–Kier alpha value is -2.54. The Balaban J connectivity index is 1.50. The first-order valence-electron chi connectivity index (χ1n) is 11.2. The molecule has 3 heterocycles. The maximum Gasteiger partial charge on any atom is 0.290 e. The lowest BCUT2D eigenvalue weighted by Crippen LogP contribution is -2.40. The van der Waals surface area contributed by atoms with Crippen molar-refractivity contribution in [2.24, 2.45) is 5.92 Å². The highest BCUT2D eigenvalue weighted by Crippen LogP contribution is 2.47. The molecule has 6 nitrogen and oxygen atoms in total. The number of hydrogen-bond acceptors (Lipinski definition) is 5. The summed E-state index contributed by atoms with van der Waals surface area (Å²) in [5, 5.41) is 0.915. The largest absolute Gasteiger partial charge is 0.464 e. The molecule has 0 spiro atoms. The van der Waals surface area contributed by atoms with Gasteiger partial charge in [-0.3, -0.25) is 4.79 Å². The molecule has 3 aromatic rings. The van der Waals surface area contributed by atoms with E-state index in [2.05, 4.69) is 6.92 Å². The van der Waals surface area contributed by atoms with E-state index in [1.807, 2.05) is 45.0 Å². The number of aryl methyl sites for hydroxylation is 3. The van der Waals surface area contributed by atoms with E-state index >= 15 is 0 Å². The number of carbonyl (C=O) groups is 1. The third-order valence-electron chi connectivity index (χ3n) is 7.21. The summed E-state index contributed by atoms with van der Waals surface area (Å²) < 4.78 is 36.6. The highest BCUT2D eigenvalue weighted by molar-refractivity contribution is 7.91. The molecule has 0 N–H and O–H groups in total. The Morgan fingerprint density at radius 1 is 1.09 bits per heavy atom. The number of benzene rings is 1. The van der Waals surface area contributed by atoms with E-state index in [4.69, 9.17) is 8.83 Å². The fourth-order valence-electron chi connectivity index (χ4n) is 4.81. The van der Waals surface area contributed by atoms with E-state index in [1.165, 1.54) is 0 Å². The van der Waals surface area contributed by atoms with E-state index in [9.17, 15) is 13.2 Å². The van der Waals surface area contributed by atoms with Crippen LogP contribution < -0.4 is 0 Å². The first kappa shape index (κ1) is 21.3. The van der Waals surface area contributed by atoms with Crippen molar-refractivity contribution < 1.29 is 22.0 Å². The number of fused-ring (bicyclic) bond motifs is 1. The third-order valence-corrected chi connectivity index (χ3v) is 8.96. The maximum atomic E-state index is 13.7. The SMILES string of the molecule is Cc1ccc2c(C)c(C(=O)N(Cc3ccc(C4CC4C)o3)C3CCS(=O)(=O)C3)oc2c1C. The van der Waals surface area contributed by atoms with Gasteiger partial charge in [-0.05, 0) is 62.8 Å². The Morgan fingerprint density at radius 3 is 2.50 bits per heavy atom. The summed E-state index contributed by atoms with van der Waals surface area (Å²) in [7, 11) is -3.16. The standard InChI is InChI=1S/C25H29NO5S/c1-14-5-7-20-17(4)24(31-23(20)16(14)3)25(27)26(18-9-10-32(28,29)13-18)12-19-6-8-22(30-19)21-11-15(21)2/h5-8,15,18,21H,9-13H2,1-4H3. The molecule has 32 heavy (non-hydrogen) atoms. The molecule has 1 aromatic carbocycles. The molecule has 2 aliphatic rings. The molecule has 3 unspecified atom stereocenters. The van der Waals surface area contributed by atoms with Gasteiger partial charge < -0.3 is 13.7 Å². The van der Waals surface area contributed by atoms with Gasteiger partial charge in [0.1, 0.15) is 17.1 Å². The van der Waals surface area contributed by atoms with Gasteiger partial charge in [0.25, 0.3) is 5.91 Å². The molecule has 0 radical (unpaired) electrons. The van der Waals surface area contributed by atoms with Crippen molar-refractivity contribution in [1.82, 2.24) is 4.90 Å². The Bertz CT molecular complexity index is 1320. The lowest BCUT2D eigenvalue weighted by atomic mass is 10.0. The summed E-state index contributed by atoms with van der Waals surface area (Å²) in [4.78, 5) is 15.4. The van der Waals surface area contributed by atoms with Crippen LogP contribution in [0.1, 0.15) is 64.4 Å². The fourth-order valence-corrected chi connectivity index (χ4v) is 6.54. The van der Waals surface area contributed by atoms with Crippen LogP contribution in [0.3, 0.4) is 0 Å². The van der Waals surface area contributed by atoms with Crippen LogP contribution in [0.15, 0.2) is 33.1 Å². The molecule has 1 aliphatic carbocycles. The molecule has 0 bridgehead atoms. The van der Waals surface area contributed by atoms with Crippen LogP contribution in [-0.4, -0.2) is 36.8 Å². The molecular formula is C25H29NO5S. The first-order valence-corrected chi connectivity index (χ1v) is 13.1. The average molecular weight is 456 g/mol. The van der Waals surface area contributed by atoms with Crippen LogP contribution in [-0.2, 0) is 16.4 Å². The van der Waals surface area contributed by atoms with Crippen LogP contribution in [0.5, 0.6) is 0 Å². The molecule has 5 rings (SSSR count). The Labute approximate surface area is 188 Å². The van der Waals surface area contributed by atoms with Crippen LogP contribution in [0.4, 0.5) is 0 Å². The van der Waals surface area contributed by atoms with Gasteiger partial charge in [0.15, 0.2) is 15.6 Å². The van der Waals surface area contributed by atoms with E-state index < -0.39 is 15.9 Å². The minimum Gasteiger partial charge on any atom is -0.464 e. The van der Waals surface area contributed by atoms with Crippen LogP contribution in [0, 0.1) is 26.7 Å². The zero-order chi connectivity index (χ0) is 22.8. The van der Waals surface area contributed by atoms with Crippen LogP contribution in [0.25, 0.3) is 11.0 Å². The highest BCUT2D eigenvalue weighted by Gasteiger charge is 2.39.